The van der Waals surface area contributed by atoms with Crippen LogP contribution in [0.5, 0.6) is 5.75 Å². The molecule has 2 aromatic carbocycles. The minimum Gasteiger partial charge on any atom is -0.487 e. The summed E-state index contributed by atoms with van der Waals surface area (Å²) in [5, 5.41) is 10.7. The van der Waals surface area contributed by atoms with E-state index in [0.29, 0.717) is 10.8 Å². The van der Waals surface area contributed by atoms with Gasteiger partial charge in [-0.1, -0.05) is 35.9 Å². The summed E-state index contributed by atoms with van der Waals surface area (Å²) in [7, 11) is 3.40. The van der Waals surface area contributed by atoms with Gasteiger partial charge in [-0.25, -0.2) is 4.98 Å². The van der Waals surface area contributed by atoms with Crippen LogP contribution in [0, 0.1) is 0 Å². The number of nitrogens with zero attached hydrogens (tertiary/aromatic N) is 2. The monoisotopic (exact) mass is 508 g/mol. The summed E-state index contributed by atoms with van der Waals surface area (Å²) in [6.07, 6.45) is 0. The molecule has 176 valence electrons. The zero-order valence-electron chi connectivity index (χ0n) is 18.2. The number of carbonyl (C=O) groups excluding carboxylic acids is 1. The number of aliphatic carboxylic acids is 1. The number of rotatable bonds is 10. The average molecular weight is 509 g/mol. The third kappa shape index (κ3) is 8.12. The number of halogens is 1. The first-order valence-electron chi connectivity index (χ1n) is 9.75. The van der Waals surface area contributed by atoms with Gasteiger partial charge in [-0.2, -0.15) is 0 Å². The van der Waals surface area contributed by atoms with Gasteiger partial charge in [0.2, 0.25) is 5.91 Å². The Kier molecular flexibility index (Phi) is 10.3. The Morgan fingerprint density at radius 2 is 1.82 bits per heavy atom. The van der Waals surface area contributed by atoms with E-state index in [1.807, 2.05) is 54.6 Å². The predicted octanol–water partition coefficient (Wildman–Crippen LogP) is 4.28. The third-order valence-corrected chi connectivity index (χ3v) is 7.47. The van der Waals surface area contributed by atoms with Crippen LogP contribution in [0.25, 0.3) is 10.9 Å². The molecule has 7 nitrogen and oxygen atoms in total. The lowest BCUT2D eigenvalue weighted by Gasteiger charge is -2.18. The summed E-state index contributed by atoms with van der Waals surface area (Å²) in [5.74, 6) is -0.0577. The smallest absolute Gasteiger partial charge is 0.313 e. The molecule has 3 aromatic rings. The van der Waals surface area contributed by atoms with E-state index >= 15 is 0 Å². The van der Waals surface area contributed by atoms with Crippen LogP contribution in [-0.2, 0) is 16.2 Å². The normalized spacial score (nSPS) is 11.5. The van der Waals surface area contributed by atoms with Crippen LogP contribution in [0.1, 0.15) is 15.8 Å². The minimum atomic E-state index is -0.894. The van der Waals surface area contributed by atoms with E-state index in [0.717, 1.165) is 22.2 Å². The molecule has 33 heavy (non-hydrogen) atoms. The molecule has 1 heterocycles. The van der Waals surface area contributed by atoms with Gasteiger partial charge in [0, 0.05) is 24.5 Å². The van der Waals surface area contributed by atoms with E-state index in [4.69, 9.17) is 21.4 Å². The number of fused-ring (bicyclic) bond motifs is 1. The van der Waals surface area contributed by atoms with E-state index in [1.165, 1.54) is 28.4 Å². The average Bonchev–Trinajstić information content (AvgIpc) is 2.77. The Balaban J connectivity index is 0.00000385. The number of carbonyl (C=O) groups is 2. The Hall–Kier alpha value is -2.46. The molecule has 10 heteroatoms. The number of carboxylic acid groups (broad SMARTS) is 1. The van der Waals surface area contributed by atoms with Crippen molar-refractivity contribution in [2.45, 2.75) is 11.2 Å². The van der Waals surface area contributed by atoms with Gasteiger partial charge in [-0.3, -0.25) is 9.59 Å². The maximum Gasteiger partial charge on any atom is 0.313 e. The number of amides is 1. The largest absolute Gasteiger partial charge is 0.487 e. The molecule has 1 aromatic heterocycles. The topological polar surface area (TPSA) is 111 Å². The van der Waals surface area contributed by atoms with Gasteiger partial charge in [0.05, 0.1) is 27.3 Å². The van der Waals surface area contributed by atoms with Crippen LogP contribution in [0.3, 0.4) is 0 Å². The fraction of sp³-hybridized carbons (Fsp3) is 0.261. The van der Waals surface area contributed by atoms with Crippen LogP contribution in [0.2, 0.25) is 5.02 Å². The van der Waals surface area contributed by atoms with Crippen LogP contribution in [0.4, 0.5) is 0 Å². The van der Waals surface area contributed by atoms with Crippen molar-refractivity contribution in [2.24, 2.45) is 0 Å². The van der Waals surface area contributed by atoms with Crippen LogP contribution in [0.15, 0.2) is 54.6 Å². The fourth-order valence-corrected chi connectivity index (χ4v) is 5.27. The zero-order valence-corrected chi connectivity index (χ0v) is 20.5. The molecule has 1 atom stereocenters. The lowest BCUT2D eigenvalue weighted by Crippen LogP contribution is -2.23. The van der Waals surface area contributed by atoms with Gasteiger partial charge >= 0.3 is 5.97 Å². The summed E-state index contributed by atoms with van der Waals surface area (Å²) in [6, 6.07) is 17.0. The van der Waals surface area contributed by atoms with E-state index in [2.05, 4.69) is 4.98 Å². The standard InChI is InChI=1S/C23H23ClN2O4S2.H2O/c1-26(2)21(27)13-31-23(32-14-22(28)29)16-4-3-5-19(10-16)30-12-18-9-7-15-6-8-17(24)11-20(15)25-18;/h3-11,23H,12-14H2,1-2H3,(H,28,29);1H2. The molecule has 3 rings (SSSR count). The zero-order chi connectivity index (χ0) is 23.1. The van der Waals surface area contributed by atoms with Gasteiger partial charge < -0.3 is 20.2 Å². The number of ether oxygens (including phenoxy) is 1. The highest BCUT2D eigenvalue weighted by Crippen LogP contribution is 2.40. The summed E-state index contributed by atoms with van der Waals surface area (Å²) in [6.45, 7) is 0.283. The summed E-state index contributed by atoms with van der Waals surface area (Å²) in [5.41, 5.74) is 2.47. The second-order valence-corrected chi connectivity index (χ2v) is 10.1. The number of hydrogen-bond donors (Lipinski definition) is 1. The molecule has 0 aliphatic carbocycles. The van der Waals surface area contributed by atoms with Crippen molar-refractivity contribution in [3.63, 3.8) is 0 Å². The van der Waals surface area contributed by atoms with Crippen molar-refractivity contribution in [1.29, 1.82) is 0 Å². The van der Waals surface area contributed by atoms with Crippen molar-refractivity contribution < 1.29 is 24.9 Å². The highest BCUT2D eigenvalue weighted by Gasteiger charge is 2.18. The lowest BCUT2D eigenvalue weighted by atomic mass is 10.2. The number of hydrogen-bond acceptors (Lipinski definition) is 6. The molecular weight excluding hydrogens is 484 g/mol. The Bertz CT molecular complexity index is 1110. The van der Waals surface area contributed by atoms with Crippen molar-refractivity contribution in [1.82, 2.24) is 9.88 Å². The summed E-state index contributed by atoms with van der Waals surface area (Å²) >= 11 is 8.74. The fourth-order valence-electron chi connectivity index (χ4n) is 2.78. The molecule has 0 bridgehead atoms. The molecule has 0 spiro atoms. The van der Waals surface area contributed by atoms with Gasteiger partial charge in [-0.05, 0) is 35.9 Å². The van der Waals surface area contributed by atoms with E-state index in [-0.39, 0.29) is 34.1 Å². The third-order valence-electron chi connectivity index (χ3n) is 4.44. The Morgan fingerprint density at radius 3 is 2.55 bits per heavy atom. The van der Waals surface area contributed by atoms with Crippen molar-refractivity contribution in [2.75, 3.05) is 25.6 Å². The molecule has 1 amide bonds. The first kappa shape index (κ1) is 26.8. The Morgan fingerprint density at radius 1 is 1.09 bits per heavy atom. The number of pyridine rings is 1. The highest BCUT2D eigenvalue weighted by molar-refractivity contribution is 8.16. The molecule has 0 saturated carbocycles. The van der Waals surface area contributed by atoms with Gasteiger partial charge in [0.25, 0.3) is 0 Å². The molecule has 0 fully saturated rings. The van der Waals surface area contributed by atoms with Gasteiger partial charge in [0.15, 0.2) is 0 Å². The first-order valence-corrected chi connectivity index (χ1v) is 12.2. The quantitative estimate of drug-likeness (QED) is 0.407. The van der Waals surface area contributed by atoms with Gasteiger partial charge in [-0.15, -0.1) is 23.5 Å². The Labute approximate surface area is 205 Å². The van der Waals surface area contributed by atoms with E-state index in [1.54, 1.807) is 14.1 Å². The number of carboxylic acids is 1. The SMILES string of the molecule is CN(C)C(=O)CSC(SCC(=O)O)c1cccc(OCc2ccc3ccc(Cl)cc3n2)c1.O. The number of benzene rings is 2. The minimum absolute atomic E-state index is 0. The van der Waals surface area contributed by atoms with Crippen LogP contribution < -0.4 is 4.74 Å². The maximum absolute atomic E-state index is 12.0. The molecule has 0 aliphatic rings. The highest BCUT2D eigenvalue weighted by atomic mass is 35.5. The maximum atomic E-state index is 12.0. The molecular formula is C23H25ClN2O5S2. The van der Waals surface area contributed by atoms with Crippen LogP contribution >= 0.6 is 35.1 Å². The second-order valence-electron chi connectivity index (χ2n) is 7.14. The lowest BCUT2D eigenvalue weighted by molar-refractivity contribution is -0.134. The molecule has 0 saturated heterocycles. The van der Waals surface area contributed by atoms with E-state index < -0.39 is 5.97 Å². The molecule has 0 aliphatic heterocycles. The molecule has 3 N–H and O–H groups in total. The van der Waals surface area contributed by atoms with Gasteiger partial charge in [0.1, 0.15) is 12.4 Å². The summed E-state index contributed by atoms with van der Waals surface area (Å²) < 4.78 is 5.74. The first-order chi connectivity index (χ1) is 15.3. The van der Waals surface area contributed by atoms with Crippen molar-refractivity contribution in [3.05, 3.63) is 70.9 Å². The van der Waals surface area contributed by atoms with Crippen molar-refractivity contribution >= 4 is 57.9 Å². The van der Waals surface area contributed by atoms with Crippen LogP contribution in [-0.4, -0.2) is 57.9 Å². The van der Waals surface area contributed by atoms with E-state index in [9.17, 15) is 9.59 Å². The predicted molar refractivity (Wildman–Crippen MR) is 135 cm³/mol. The molecule has 1 unspecified atom stereocenters. The second kappa shape index (κ2) is 12.7. The van der Waals surface area contributed by atoms with Crippen molar-refractivity contribution in [3.8, 4) is 5.75 Å². The number of aromatic nitrogens is 1. The summed E-state index contributed by atoms with van der Waals surface area (Å²) in [4.78, 5) is 29.2. The molecule has 0 radical (unpaired) electrons. The number of thioether (sulfide) groups is 2.